The Bertz CT molecular complexity index is 622. The fourth-order valence-electron chi connectivity index (χ4n) is 2.69. The summed E-state index contributed by atoms with van der Waals surface area (Å²) in [7, 11) is 0. The quantitative estimate of drug-likeness (QED) is 0.877. The second kappa shape index (κ2) is 5.53. The van der Waals surface area contributed by atoms with Crippen LogP contribution >= 0.6 is 0 Å². The molecule has 3 heteroatoms. The van der Waals surface area contributed by atoms with Gasteiger partial charge in [-0.25, -0.2) is 4.39 Å². The van der Waals surface area contributed by atoms with E-state index in [1.807, 2.05) is 13.0 Å². The molecular formula is C17H19FN2. The van der Waals surface area contributed by atoms with Crippen LogP contribution in [0.25, 0.3) is 0 Å². The van der Waals surface area contributed by atoms with E-state index in [4.69, 9.17) is 0 Å². The van der Waals surface area contributed by atoms with Crippen LogP contribution in [0, 0.1) is 12.7 Å². The molecule has 2 N–H and O–H groups in total. The number of nitrogens with one attached hydrogen (secondary N) is 2. The van der Waals surface area contributed by atoms with Gasteiger partial charge in [-0.2, -0.15) is 0 Å². The lowest BCUT2D eigenvalue weighted by atomic mass is 9.99. The molecule has 0 amide bonds. The molecule has 0 saturated heterocycles. The number of benzene rings is 2. The summed E-state index contributed by atoms with van der Waals surface area (Å²) in [4.78, 5) is 0. The average molecular weight is 270 g/mol. The molecule has 0 unspecified atom stereocenters. The number of rotatable bonds is 3. The predicted molar refractivity (Wildman–Crippen MR) is 81.7 cm³/mol. The van der Waals surface area contributed by atoms with Crippen molar-refractivity contribution >= 4 is 11.4 Å². The largest absolute Gasteiger partial charge is 0.385 e. The Labute approximate surface area is 119 Å². The molecule has 104 valence electrons. The van der Waals surface area contributed by atoms with Gasteiger partial charge in [-0.1, -0.05) is 24.3 Å². The van der Waals surface area contributed by atoms with E-state index in [-0.39, 0.29) is 5.82 Å². The number of halogens is 1. The zero-order chi connectivity index (χ0) is 13.9. The second-order valence-corrected chi connectivity index (χ2v) is 5.32. The lowest BCUT2D eigenvalue weighted by Gasteiger charge is -2.21. The third kappa shape index (κ3) is 2.62. The van der Waals surface area contributed by atoms with Gasteiger partial charge in [-0.05, 0) is 48.6 Å². The maximum atomic E-state index is 13.7. The van der Waals surface area contributed by atoms with E-state index in [1.54, 1.807) is 6.07 Å². The van der Waals surface area contributed by atoms with Crippen LogP contribution in [0.1, 0.15) is 23.1 Å². The second-order valence-electron chi connectivity index (χ2n) is 5.32. The van der Waals surface area contributed by atoms with Gasteiger partial charge < -0.3 is 10.6 Å². The summed E-state index contributed by atoms with van der Waals surface area (Å²) >= 11 is 0. The number of anilines is 2. The highest BCUT2D eigenvalue weighted by Gasteiger charge is 2.12. The van der Waals surface area contributed by atoms with Crippen molar-refractivity contribution in [2.24, 2.45) is 0 Å². The zero-order valence-electron chi connectivity index (χ0n) is 11.7. The van der Waals surface area contributed by atoms with Gasteiger partial charge in [0.2, 0.25) is 0 Å². The lowest BCUT2D eigenvalue weighted by Crippen LogP contribution is -2.15. The third-order valence-corrected chi connectivity index (χ3v) is 3.75. The van der Waals surface area contributed by atoms with Gasteiger partial charge in [0, 0.05) is 18.8 Å². The predicted octanol–water partition coefficient (Wildman–Crippen LogP) is 4.10. The Hall–Kier alpha value is -2.03. The molecule has 0 spiro atoms. The Balaban J connectivity index is 1.80. The van der Waals surface area contributed by atoms with E-state index in [1.165, 1.54) is 29.3 Å². The zero-order valence-corrected chi connectivity index (χ0v) is 11.7. The van der Waals surface area contributed by atoms with Gasteiger partial charge >= 0.3 is 0 Å². The minimum absolute atomic E-state index is 0.201. The highest BCUT2D eigenvalue weighted by atomic mass is 19.1. The van der Waals surface area contributed by atoms with Gasteiger partial charge in [-0.3, -0.25) is 0 Å². The molecule has 0 fully saturated rings. The van der Waals surface area contributed by atoms with Crippen molar-refractivity contribution in [2.45, 2.75) is 26.3 Å². The number of aryl methyl sites for hydroxylation is 2. The summed E-state index contributed by atoms with van der Waals surface area (Å²) in [5, 5.41) is 6.66. The van der Waals surface area contributed by atoms with E-state index in [9.17, 15) is 4.39 Å². The molecule has 1 aliphatic heterocycles. The Morgan fingerprint density at radius 1 is 1.25 bits per heavy atom. The van der Waals surface area contributed by atoms with E-state index >= 15 is 0 Å². The van der Waals surface area contributed by atoms with Crippen LogP contribution in [-0.2, 0) is 13.0 Å². The fraction of sp³-hybridized carbons (Fsp3) is 0.294. The van der Waals surface area contributed by atoms with Crippen molar-refractivity contribution in [3.63, 3.8) is 0 Å². The first-order valence-corrected chi connectivity index (χ1v) is 7.09. The van der Waals surface area contributed by atoms with Crippen molar-refractivity contribution < 1.29 is 4.39 Å². The molecule has 0 aromatic heterocycles. The minimum atomic E-state index is -0.201. The van der Waals surface area contributed by atoms with Crippen molar-refractivity contribution in [3.8, 4) is 0 Å². The molecule has 0 atom stereocenters. The van der Waals surface area contributed by atoms with Crippen LogP contribution in [-0.4, -0.2) is 6.54 Å². The van der Waals surface area contributed by atoms with Crippen molar-refractivity contribution in [1.82, 2.24) is 0 Å². The molecule has 2 nitrogen and oxygen atoms in total. The van der Waals surface area contributed by atoms with Crippen LogP contribution in [0.15, 0.2) is 36.4 Å². The van der Waals surface area contributed by atoms with Crippen LogP contribution in [0.3, 0.4) is 0 Å². The first-order valence-electron chi connectivity index (χ1n) is 7.09. The number of para-hydroxylation sites is 1. The Kier molecular flexibility index (Phi) is 3.59. The van der Waals surface area contributed by atoms with Gasteiger partial charge in [0.15, 0.2) is 0 Å². The Morgan fingerprint density at radius 2 is 2.15 bits per heavy atom. The van der Waals surface area contributed by atoms with E-state index in [0.29, 0.717) is 12.2 Å². The number of hydrogen-bond acceptors (Lipinski definition) is 2. The molecule has 0 saturated carbocycles. The lowest BCUT2D eigenvalue weighted by molar-refractivity contribution is 0.629. The first-order chi connectivity index (χ1) is 9.74. The smallest absolute Gasteiger partial charge is 0.146 e. The van der Waals surface area contributed by atoms with Gasteiger partial charge in [-0.15, -0.1) is 0 Å². The average Bonchev–Trinajstić information content (AvgIpc) is 2.48. The number of hydrogen-bond donors (Lipinski definition) is 2. The molecule has 0 bridgehead atoms. The standard InChI is InChI=1S/C17H19FN2/c1-12-7-8-15(18)16(10-12)20-11-14-5-2-4-13-6-3-9-19-17(13)14/h2,4-5,7-8,10,19-20H,3,6,9,11H2,1H3. The van der Waals surface area contributed by atoms with Crippen LogP contribution in [0.4, 0.5) is 15.8 Å². The van der Waals surface area contributed by atoms with Crippen molar-refractivity contribution in [3.05, 3.63) is 58.9 Å². The third-order valence-electron chi connectivity index (χ3n) is 3.75. The van der Waals surface area contributed by atoms with Gasteiger partial charge in [0.25, 0.3) is 0 Å². The molecular weight excluding hydrogens is 251 g/mol. The molecule has 1 heterocycles. The van der Waals surface area contributed by atoms with Crippen LogP contribution in [0.5, 0.6) is 0 Å². The molecule has 20 heavy (non-hydrogen) atoms. The maximum absolute atomic E-state index is 13.7. The molecule has 0 radical (unpaired) electrons. The van der Waals surface area contributed by atoms with Crippen molar-refractivity contribution in [2.75, 3.05) is 17.2 Å². The summed E-state index contributed by atoms with van der Waals surface area (Å²) < 4.78 is 13.7. The Morgan fingerprint density at radius 3 is 3.05 bits per heavy atom. The highest BCUT2D eigenvalue weighted by molar-refractivity contribution is 5.60. The molecule has 2 aromatic rings. The molecule has 0 aliphatic carbocycles. The topological polar surface area (TPSA) is 24.1 Å². The van der Waals surface area contributed by atoms with E-state index in [0.717, 1.165) is 18.5 Å². The SMILES string of the molecule is Cc1ccc(F)c(NCc2cccc3c2NCCC3)c1. The van der Waals surface area contributed by atoms with Crippen LogP contribution < -0.4 is 10.6 Å². The highest BCUT2D eigenvalue weighted by Crippen LogP contribution is 2.27. The van der Waals surface area contributed by atoms with E-state index in [2.05, 4.69) is 28.8 Å². The maximum Gasteiger partial charge on any atom is 0.146 e. The normalized spacial score (nSPS) is 13.5. The summed E-state index contributed by atoms with van der Waals surface area (Å²) in [6.07, 6.45) is 2.30. The monoisotopic (exact) mass is 270 g/mol. The van der Waals surface area contributed by atoms with Crippen LogP contribution in [0.2, 0.25) is 0 Å². The van der Waals surface area contributed by atoms with Gasteiger partial charge in [0.05, 0.1) is 5.69 Å². The fourth-order valence-corrected chi connectivity index (χ4v) is 2.69. The summed E-state index contributed by atoms with van der Waals surface area (Å²) in [6, 6.07) is 11.5. The van der Waals surface area contributed by atoms with E-state index < -0.39 is 0 Å². The number of fused-ring (bicyclic) bond motifs is 1. The summed E-state index contributed by atoms with van der Waals surface area (Å²) in [5.41, 5.74) is 5.41. The molecule has 2 aromatic carbocycles. The van der Waals surface area contributed by atoms with Crippen molar-refractivity contribution in [1.29, 1.82) is 0 Å². The molecule has 1 aliphatic rings. The summed E-state index contributed by atoms with van der Waals surface area (Å²) in [6.45, 7) is 3.62. The molecule has 3 rings (SSSR count). The van der Waals surface area contributed by atoms with Gasteiger partial charge in [0.1, 0.15) is 5.82 Å². The first kappa shape index (κ1) is 13.0. The summed E-state index contributed by atoms with van der Waals surface area (Å²) in [5.74, 6) is -0.201. The minimum Gasteiger partial charge on any atom is -0.385 e.